The van der Waals surface area contributed by atoms with Crippen LogP contribution in [0.15, 0.2) is 30.6 Å². The number of imidazole rings is 1. The summed E-state index contributed by atoms with van der Waals surface area (Å²) >= 11 is 0. The molecule has 0 aliphatic rings. The van der Waals surface area contributed by atoms with E-state index < -0.39 is 0 Å². The second-order valence-electron chi connectivity index (χ2n) is 2.51. The van der Waals surface area contributed by atoms with Crippen LogP contribution in [0.4, 0.5) is 0 Å². The molecule has 60 valence electrons. The van der Waals surface area contributed by atoms with Crippen molar-refractivity contribution in [3.05, 3.63) is 42.9 Å². The summed E-state index contributed by atoms with van der Waals surface area (Å²) in [4.78, 5) is 4.15. The minimum Gasteiger partial charge on any atom is -0.383 e. The highest BCUT2D eigenvalue weighted by atomic mass is 16.3. The molecule has 0 saturated heterocycles. The van der Waals surface area contributed by atoms with Crippen LogP contribution in [0, 0.1) is 6.61 Å². The lowest BCUT2D eigenvalue weighted by atomic mass is 10.3. The molecule has 0 bridgehead atoms. The molecule has 0 saturated carbocycles. The first-order chi connectivity index (χ1) is 5.92. The Balaban J connectivity index is 2.55. The fourth-order valence-corrected chi connectivity index (χ4v) is 1.20. The maximum Gasteiger partial charge on any atom is 0.136 e. The highest BCUT2D eigenvalue weighted by Gasteiger charge is 2.00. The van der Waals surface area contributed by atoms with Crippen molar-refractivity contribution in [1.29, 1.82) is 0 Å². The summed E-state index contributed by atoms with van der Waals surface area (Å²) in [5.41, 5.74) is 1.83. The minimum atomic E-state index is 0.408. The maximum absolute atomic E-state index is 8.51. The Bertz CT molecular complexity index is 381. The molecule has 0 aromatic carbocycles. The predicted octanol–water partition coefficient (Wildman–Crippen LogP) is 1.29. The lowest BCUT2D eigenvalue weighted by Crippen LogP contribution is -1.91. The van der Waals surface area contributed by atoms with E-state index >= 15 is 0 Å². The van der Waals surface area contributed by atoms with Gasteiger partial charge in [-0.05, 0) is 12.1 Å². The van der Waals surface area contributed by atoms with Crippen molar-refractivity contribution in [2.24, 2.45) is 0 Å². The molecule has 2 radical (unpaired) electrons. The normalized spacial score (nSPS) is 10.8. The van der Waals surface area contributed by atoms with Gasteiger partial charge in [0, 0.05) is 24.5 Å². The van der Waals surface area contributed by atoms with Gasteiger partial charge in [0.2, 0.25) is 0 Å². The van der Waals surface area contributed by atoms with Crippen molar-refractivity contribution in [3.63, 3.8) is 0 Å². The third kappa shape index (κ3) is 1.08. The molecule has 3 nitrogen and oxygen atoms in total. The number of nitrogens with zero attached hydrogens (tertiary/aromatic N) is 2. The molecule has 2 aromatic heterocycles. The van der Waals surface area contributed by atoms with Gasteiger partial charge >= 0.3 is 0 Å². The van der Waals surface area contributed by atoms with E-state index in [-0.39, 0.29) is 0 Å². The molecule has 0 aliphatic carbocycles. The zero-order valence-corrected chi connectivity index (χ0v) is 6.44. The molecule has 0 fully saturated rings. The molecule has 1 N–H and O–H groups in total. The maximum atomic E-state index is 8.51. The van der Waals surface area contributed by atoms with E-state index in [9.17, 15) is 0 Å². The number of hydrogen-bond acceptors (Lipinski definition) is 2. The molecule has 2 aromatic rings. The Morgan fingerprint density at radius 3 is 3.25 bits per heavy atom. The zero-order chi connectivity index (χ0) is 8.39. The number of aliphatic hydroxyl groups is 1. The van der Waals surface area contributed by atoms with Crippen molar-refractivity contribution in [2.45, 2.75) is 6.42 Å². The van der Waals surface area contributed by atoms with Gasteiger partial charge in [0.15, 0.2) is 0 Å². The van der Waals surface area contributed by atoms with Crippen LogP contribution in [-0.4, -0.2) is 14.5 Å². The molecule has 0 atom stereocenters. The van der Waals surface area contributed by atoms with Crippen LogP contribution in [0.2, 0.25) is 0 Å². The fourth-order valence-electron chi connectivity index (χ4n) is 1.20. The van der Waals surface area contributed by atoms with Gasteiger partial charge in [0.05, 0.1) is 0 Å². The first-order valence-corrected chi connectivity index (χ1v) is 3.70. The molecule has 12 heavy (non-hydrogen) atoms. The summed E-state index contributed by atoms with van der Waals surface area (Å²) < 4.78 is 1.92. The van der Waals surface area contributed by atoms with Gasteiger partial charge in [-0.15, -0.1) is 0 Å². The second-order valence-corrected chi connectivity index (χ2v) is 2.51. The van der Waals surface area contributed by atoms with Gasteiger partial charge in [-0.3, -0.25) is 0 Å². The van der Waals surface area contributed by atoms with E-state index in [0.717, 1.165) is 11.3 Å². The molecular formula is C9H8N2O. The topological polar surface area (TPSA) is 37.5 Å². The number of aromatic nitrogens is 2. The predicted molar refractivity (Wildman–Crippen MR) is 44.1 cm³/mol. The van der Waals surface area contributed by atoms with E-state index in [1.54, 1.807) is 6.20 Å². The van der Waals surface area contributed by atoms with Crippen molar-refractivity contribution >= 4 is 5.65 Å². The first kappa shape index (κ1) is 7.31. The molecule has 0 unspecified atom stereocenters. The fraction of sp³-hybridized carbons (Fsp3) is 0.111. The van der Waals surface area contributed by atoms with Gasteiger partial charge in [-0.25, -0.2) is 4.98 Å². The third-order valence-corrected chi connectivity index (χ3v) is 1.75. The Labute approximate surface area is 70.3 Å². The smallest absolute Gasteiger partial charge is 0.136 e. The number of fused-ring (bicyclic) bond motifs is 1. The molecule has 0 spiro atoms. The average molecular weight is 160 g/mol. The Kier molecular flexibility index (Phi) is 1.80. The SMILES string of the molecule is O[C]Cc1cnc2ccccn12. The Hall–Kier alpha value is -1.35. The van der Waals surface area contributed by atoms with E-state index in [4.69, 9.17) is 5.11 Å². The second kappa shape index (κ2) is 2.95. The van der Waals surface area contributed by atoms with Gasteiger partial charge in [0.25, 0.3) is 0 Å². The lowest BCUT2D eigenvalue weighted by Gasteiger charge is -1.96. The van der Waals surface area contributed by atoms with Crippen LogP contribution >= 0.6 is 0 Å². The summed E-state index contributed by atoms with van der Waals surface area (Å²) in [6.45, 7) is 2.10. The number of rotatable bonds is 2. The minimum absolute atomic E-state index is 0.408. The van der Waals surface area contributed by atoms with Crippen LogP contribution in [0.1, 0.15) is 5.69 Å². The quantitative estimate of drug-likeness (QED) is 0.718. The standard InChI is InChI=1S/C9H8N2O/c12-6-4-8-7-10-9-3-1-2-5-11(8)9/h1-3,5,7,12H,4H2. The molecule has 2 heterocycles. The largest absolute Gasteiger partial charge is 0.383 e. The van der Waals surface area contributed by atoms with E-state index in [1.165, 1.54) is 0 Å². The van der Waals surface area contributed by atoms with Crippen LogP contribution in [0.5, 0.6) is 0 Å². The van der Waals surface area contributed by atoms with Crippen molar-refractivity contribution < 1.29 is 5.11 Å². The van der Waals surface area contributed by atoms with Crippen LogP contribution in [0.25, 0.3) is 5.65 Å². The lowest BCUT2D eigenvalue weighted by molar-refractivity contribution is 0.383. The highest BCUT2D eigenvalue weighted by molar-refractivity contribution is 5.39. The first-order valence-electron chi connectivity index (χ1n) is 3.70. The van der Waals surface area contributed by atoms with Gasteiger partial charge in [-0.2, -0.15) is 0 Å². The highest BCUT2D eigenvalue weighted by Crippen LogP contribution is 2.06. The van der Waals surface area contributed by atoms with E-state index in [0.29, 0.717) is 6.42 Å². The zero-order valence-electron chi connectivity index (χ0n) is 6.44. The van der Waals surface area contributed by atoms with Crippen LogP contribution < -0.4 is 0 Å². The molecule has 0 aliphatic heterocycles. The van der Waals surface area contributed by atoms with Crippen LogP contribution in [0.3, 0.4) is 0 Å². The number of hydrogen-bond donors (Lipinski definition) is 1. The summed E-state index contributed by atoms with van der Waals surface area (Å²) in [6, 6.07) is 5.77. The third-order valence-electron chi connectivity index (χ3n) is 1.75. The average Bonchev–Trinajstić information content (AvgIpc) is 2.50. The van der Waals surface area contributed by atoms with Crippen molar-refractivity contribution in [2.75, 3.05) is 0 Å². The molecule has 2 rings (SSSR count). The van der Waals surface area contributed by atoms with Gasteiger partial charge in [-0.1, -0.05) is 6.07 Å². The van der Waals surface area contributed by atoms with Gasteiger partial charge < -0.3 is 9.51 Å². The summed E-state index contributed by atoms with van der Waals surface area (Å²) in [5, 5.41) is 8.51. The molecule has 0 amide bonds. The van der Waals surface area contributed by atoms with Crippen LogP contribution in [-0.2, 0) is 6.42 Å². The summed E-state index contributed by atoms with van der Waals surface area (Å²) in [6.07, 6.45) is 4.05. The monoisotopic (exact) mass is 160 g/mol. The van der Waals surface area contributed by atoms with Gasteiger partial charge in [0.1, 0.15) is 12.3 Å². The molecular weight excluding hydrogens is 152 g/mol. The van der Waals surface area contributed by atoms with E-state index in [2.05, 4.69) is 11.6 Å². The molecule has 3 heteroatoms. The Morgan fingerprint density at radius 1 is 1.50 bits per heavy atom. The summed E-state index contributed by atoms with van der Waals surface area (Å²) in [7, 11) is 0. The van der Waals surface area contributed by atoms with Crippen molar-refractivity contribution in [3.8, 4) is 0 Å². The Morgan fingerprint density at radius 2 is 2.42 bits per heavy atom. The number of aliphatic hydroxyl groups excluding tert-OH is 1. The summed E-state index contributed by atoms with van der Waals surface area (Å²) in [5.74, 6) is 0. The van der Waals surface area contributed by atoms with Crippen molar-refractivity contribution in [1.82, 2.24) is 9.38 Å². The van der Waals surface area contributed by atoms with E-state index in [1.807, 2.05) is 28.8 Å². The number of pyridine rings is 1.